The largest absolute Gasteiger partial charge is 0.481 e. The molecule has 1 aromatic rings. The molecule has 1 atom stereocenters. The summed E-state index contributed by atoms with van der Waals surface area (Å²) >= 11 is 0. The lowest BCUT2D eigenvalue weighted by Crippen LogP contribution is -2.40. The van der Waals surface area contributed by atoms with Gasteiger partial charge in [-0.15, -0.1) is 0 Å². The first-order valence-electron chi connectivity index (χ1n) is 6.32. The fourth-order valence-electron chi connectivity index (χ4n) is 2.30. The molecule has 1 saturated heterocycles. The normalized spacial score (nSPS) is 21.4. The van der Waals surface area contributed by atoms with Gasteiger partial charge in [-0.3, -0.25) is 14.7 Å². The van der Waals surface area contributed by atoms with Crippen molar-refractivity contribution < 1.29 is 9.90 Å². The number of carboxylic acid groups (broad SMARTS) is 1. The maximum atomic E-state index is 10.9. The zero-order chi connectivity index (χ0) is 12.8. The van der Waals surface area contributed by atoms with E-state index in [-0.39, 0.29) is 12.5 Å². The summed E-state index contributed by atoms with van der Waals surface area (Å²) in [4.78, 5) is 17.4. The molecule has 0 saturated carbocycles. The first kappa shape index (κ1) is 13.0. The van der Waals surface area contributed by atoms with Crippen LogP contribution in [0.5, 0.6) is 0 Å². The second-order valence-corrected chi connectivity index (χ2v) is 4.60. The van der Waals surface area contributed by atoms with E-state index in [1.165, 1.54) is 0 Å². The van der Waals surface area contributed by atoms with Gasteiger partial charge in [-0.05, 0) is 25.1 Å². The number of hydrogen-bond donors (Lipinski definition) is 2. The van der Waals surface area contributed by atoms with Crippen molar-refractivity contribution in [3.8, 4) is 0 Å². The van der Waals surface area contributed by atoms with Crippen LogP contribution in [0, 0.1) is 0 Å². The van der Waals surface area contributed by atoms with Crippen LogP contribution in [0.2, 0.25) is 0 Å². The molecule has 18 heavy (non-hydrogen) atoms. The highest BCUT2D eigenvalue weighted by Gasteiger charge is 2.23. The topological polar surface area (TPSA) is 65.5 Å². The molecule has 5 heteroatoms. The summed E-state index contributed by atoms with van der Waals surface area (Å²) in [5.41, 5.74) is 0.995. The fourth-order valence-corrected chi connectivity index (χ4v) is 2.30. The summed E-state index contributed by atoms with van der Waals surface area (Å²) in [7, 11) is 0. The van der Waals surface area contributed by atoms with Gasteiger partial charge in [-0.2, -0.15) is 0 Å². The van der Waals surface area contributed by atoms with Crippen molar-refractivity contribution in [1.29, 1.82) is 0 Å². The van der Waals surface area contributed by atoms with Crippen molar-refractivity contribution >= 4 is 5.97 Å². The third-order valence-corrected chi connectivity index (χ3v) is 3.20. The van der Waals surface area contributed by atoms with Crippen molar-refractivity contribution in [2.75, 3.05) is 19.6 Å². The predicted molar refractivity (Wildman–Crippen MR) is 68.2 cm³/mol. The number of pyridine rings is 1. The Kier molecular flexibility index (Phi) is 4.66. The zero-order valence-corrected chi connectivity index (χ0v) is 10.4. The molecular formula is C13H19N3O2. The Balaban J connectivity index is 2.03. The Morgan fingerprint density at radius 1 is 1.56 bits per heavy atom. The van der Waals surface area contributed by atoms with Gasteiger partial charge in [-0.1, -0.05) is 6.07 Å². The van der Waals surface area contributed by atoms with E-state index in [4.69, 9.17) is 5.11 Å². The summed E-state index contributed by atoms with van der Waals surface area (Å²) in [5.74, 6) is -0.741. The lowest BCUT2D eigenvalue weighted by molar-refractivity contribution is -0.138. The smallest absolute Gasteiger partial charge is 0.304 e. The van der Waals surface area contributed by atoms with E-state index in [2.05, 4.69) is 15.2 Å². The summed E-state index contributed by atoms with van der Waals surface area (Å²) in [6.45, 7) is 3.33. The number of rotatable bonds is 4. The molecule has 1 aromatic heterocycles. The molecule has 1 fully saturated rings. The van der Waals surface area contributed by atoms with Gasteiger partial charge in [0.15, 0.2) is 0 Å². The Morgan fingerprint density at radius 2 is 2.44 bits per heavy atom. The Bertz CT molecular complexity index is 383. The second kappa shape index (κ2) is 6.47. The molecule has 2 rings (SSSR count). The van der Waals surface area contributed by atoms with Gasteiger partial charge in [0.05, 0.1) is 12.1 Å². The molecule has 0 spiro atoms. The zero-order valence-electron chi connectivity index (χ0n) is 10.4. The van der Waals surface area contributed by atoms with Crippen LogP contribution in [0.4, 0.5) is 0 Å². The van der Waals surface area contributed by atoms with Crippen LogP contribution < -0.4 is 5.32 Å². The van der Waals surface area contributed by atoms with E-state index in [1.54, 1.807) is 6.20 Å². The summed E-state index contributed by atoms with van der Waals surface area (Å²) in [5, 5.41) is 12.3. The summed E-state index contributed by atoms with van der Waals surface area (Å²) < 4.78 is 0. The number of aromatic nitrogens is 1. The van der Waals surface area contributed by atoms with E-state index in [0.29, 0.717) is 0 Å². The van der Waals surface area contributed by atoms with Crippen LogP contribution in [0.1, 0.15) is 18.5 Å². The quantitative estimate of drug-likeness (QED) is 0.823. The molecule has 2 heterocycles. The molecule has 0 amide bonds. The molecular weight excluding hydrogens is 230 g/mol. The molecule has 1 unspecified atom stereocenters. The van der Waals surface area contributed by atoms with Crippen LogP contribution in [0.25, 0.3) is 0 Å². The Morgan fingerprint density at radius 3 is 3.17 bits per heavy atom. The molecule has 0 radical (unpaired) electrons. The van der Waals surface area contributed by atoms with Crippen LogP contribution in [0.3, 0.4) is 0 Å². The van der Waals surface area contributed by atoms with E-state index in [1.807, 2.05) is 18.2 Å². The van der Waals surface area contributed by atoms with Gasteiger partial charge in [-0.25, -0.2) is 0 Å². The average Bonchev–Trinajstić information content (AvgIpc) is 2.56. The highest BCUT2D eigenvalue weighted by atomic mass is 16.4. The molecule has 0 bridgehead atoms. The number of nitrogens with one attached hydrogen (secondary N) is 1. The van der Waals surface area contributed by atoms with Crippen molar-refractivity contribution in [1.82, 2.24) is 15.2 Å². The van der Waals surface area contributed by atoms with Gasteiger partial charge in [0.1, 0.15) is 0 Å². The third-order valence-electron chi connectivity index (χ3n) is 3.20. The molecule has 0 aromatic carbocycles. The number of nitrogens with zero attached hydrogens (tertiary/aromatic N) is 2. The van der Waals surface area contributed by atoms with Gasteiger partial charge in [0.2, 0.25) is 0 Å². The van der Waals surface area contributed by atoms with Gasteiger partial charge in [0, 0.05) is 31.9 Å². The van der Waals surface area contributed by atoms with Gasteiger partial charge >= 0.3 is 5.97 Å². The van der Waals surface area contributed by atoms with Crippen LogP contribution in [0.15, 0.2) is 24.4 Å². The third kappa shape index (κ3) is 3.78. The van der Waals surface area contributed by atoms with E-state index in [0.717, 1.165) is 38.3 Å². The molecule has 5 nitrogen and oxygen atoms in total. The fraction of sp³-hybridized carbons (Fsp3) is 0.538. The van der Waals surface area contributed by atoms with Crippen molar-refractivity contribution in [3.63, 3.8) is 0 Å². The lowest BCUT2D eigenvalue weighted by Gasteiger charge is -2.28. The average molecular weight is 249 g/mol. The van der Waals surface area contributed by atoms with Crippen LogP contribution in [-0.4, -0.2) is 46.6 Å². The minimum Gasteiger partial charge on any atom is -0.481 e. The minimum atomic E-state index is -0.741. The van der Waals surface area contributed by atoms with Crippen molar-refractivity contribution in [2.45, 2.75) is 25.4 Å². The molecule has 0 aliphatic carbocycles. The predicted octanol–water partition coefficient (Wildman–Crippen LogP) is 0.720. The maximum Gasteiger partial charge on any atom is 0.304 e. The first-order chi connectivity index (χ1) is 8.75. The van der Waals surface area contributed by atoms with E-state index < -0.39 is 5.97 Å². The molecule has 1 aliphatic rings. The summed E-state index contributed by atoms with van der Waals surface area (Å²) in [6, 6.07) is 5.88. The number of hydrogen-bond acceptors (Lipinski definition) is 4. The Hall–Kier alpha value is -1.46. The monoisotopic (exact) mass is 249 g/mol. The van der Waals surface area contributed by atoms with Crippen LogP contribution >= 0.6 is 0 Å². The number of aliphatic carboxylic acids is 1. The molecule has 1 aliphatic heterocycles. The Labute approximate surface area is 107 Å². The SMILES string of the molecule is O=C(O)CC1CNCCCN1Cc1ccccn1. The van der Waals surface area contributed by atoms with Crippen molar-refractivity contribution in [3.05, 3.63) is 30.1 Å². The standard InChI is InChI=1S/C13H19N3O2/c17-13(18)8-12-9-14-5-3-7-16(12)10-11-4-1-2-6-15-11/h1-2,4,6,12,14H,3,5,7-10H2,(H,17,18). The van der Waals surface area contributed by atoms with Gasteiger partial charge < -0.3 is 10.4 Å². The lowest BCUT2D eigenvalue weighted by atomic mass is 10.1. The second-order valence-electron chi connectivity index (χ2n) is 4.60. The van der Waals surface area contributed by atoms with E-state index >= 15 is 0 Å². The minimum absolute atomic E-state index is 0.0482. The number of carbonyl (C=O) groups is 1. The first-order valence-corrected chi connectivity index (χ1v) is 6.32. The molecule has 98 valence electrons. The van der Waals surface area contributed by atoms with Crippen molar-refractivity contribution in [2.24, 2.45) is 0 Å². The van der Waals surface area contributed by atoms with Gasteiger partial charge in [0.25, 0.3) is 0 Å². The summed E-state index contributed by atoms with van der Waals surface area (Å²) in [6.07, 6.45) is 3.00. The number of carboxylic acids is 1. The van der Waals surface area contributed by atoms with Crippen LogP contribution in [-0.2, 0) is 11.3 Å². The maximum absolute atomic E-state index is 10.9. The van der Waals surface area contributed by atoms with E-state index in [9.17, 15) is 4.79 Å². The highest BCUT2D eigenvalue weighted by Crippen LogP contribution is 2.12. The molecule has 2 N–H and O–H groups in total. The highest BCUT2D eigenvalue weighted by molar-refractivity contribution is 5.67.